The first-order valence-electron chi connectivity index (χ1n) is 4.60. The van der Waals surface area contributed by atoms with Gasteiger partial charge in [-0.3, -0.25) is 0 Å². The van der Waals surface area contributed by atoms with Crippen molar-refractivity contribution in [2.24, 2.45) is 7.05 Å². The Balaban J connectivity index is 2.35. The van der Waals surface area contributed by atoms with Gasteiger partial charge in [0.2, 0.25) is 0 Å². The van der Waals surface area contributed by atoms with E-state index >= 15 is 0 Å². The van der Waals surface area contributed by atoms with Crippen molar-refractivity contribution in [1.29, 1.82) is 0 Å². The molecule has 0 bridgehead atoms. The van der Waals surface area contributed by atoms with Gasteiger partial charge in [-0.1, -0.05) is 11.6 Å². The van der Waals surface area contributed by atoms with Gasteiger partial charge in [0.1, 0.15) is 11.4 Å². The molecule has 16 heavy (non-hydrogen) atoms. The largest absolute Gasteiger partial charge is 0.311 e. The number of rotatable bonds is 2. The van der Waals surface area contributed by atoms with Gasteiger partial charge < -0.3 is 4.57 Å². The molecule has 0 aliphatic heterocycles. The van der Waals surface area contributed by atoms with E-state index in [1.807, 2.05) is 20.9 Å². The zero-order valence-electron chi connectivity index (χ0n) is 9.10. The normalized spacial score (nSPS) is 10.8. The van der Waals surface area contributed by atoms with Crippen LogP contribution < -0.4 is 0 Å². The average molecular weight is 256 g/mol. The van der Waals surface area contributed by atoms with Crippen LogP contribution in [0.15, 0.2) is 16.5 Å². The van der Waals surface area contributed by atoms with Gasteiger partial charge in [0.15, 0.2) is 10.3 Å². The Labute approximate surface area is 102 Å². The lowest BCUT2D eigenvalue weighted by Gasteiger charge is -2.05. The number of nitrogens with zero attached hydrogens (tertiary/aromatic N) is 5. The number of hydrogen-bond donors (Lipinski definition) is 0. The molecule has 0 saturated heterocycles. The van der Waals surface area contributed by atoms with E-state index in [1.54, 1.807) is 10.9 Å². The molecule has 0 aromatic carbocycles. The van der Waals surface area contributed by atoms with Crippen LogP contribution in [0, 0.1) is 13.8 Å². The van der Waals surface area contributed by atoms with Crippen LogP contribution in [0.2, 0.25) is 5.15 Å². The maximum Gasteiger partial charge on any atom is 0.197 e. The van der Waals surface area contributed by atoms with Crippen molar-refractivity contribution in [2.45, 2.75) is 24.0 Å². The fraction of sp³-hybridized carbons (Fsp3) is 0.333. The number of aryl methyl sites for hydroxylation is 3. The maximum absolute atomic E-state index is 6.02. The van der Waals surface area contributed by atoms with Crippen molar-refractivity contribution in [3.63, 3.8) is 0 Å². The molecule has 2 heterocycles. The van der Waals surface area contributed by atoms with E-state index in [0.29, 0.717) is 10.2 Å². The molecule has 2 rings (SSSR count). The van der Waals surface area contributed by atoms with Crippen LogP contribution in [0.3, 0.4) is 0 Å². The molecule has 0 atom stereocenters. The first-order valence-corrected chi connectivity index (χ1v) is 5.80. The Hall–Kier alpha value is -1.14. The predicted octanol–water partition coefficient (Wildman–Crippen LogP) is 2.03. The second-order valence-corrected chi connectivity index (χ2v) is 4.63. The van der Waals surface area contributed by atoms with Crippen LogP contribution in [0.25, 0.3) is 0 Å². The van der Waals surface area contributed by atoms with E-state index in [2.05, 4.69) is 20.2 Å². The Morgan fingerprint density at radius 3 is 2.56 bits per heavy atom. The van der Waals surface area contributed by atoms with Crippen molar-refractivity contribution in [3.8, 4) is 0 Å². The van der Waals surface area contributed by atoms with E-state index in [1.165, 1.54) is 11.8 Å². The third kappa shape index (κ3) is 2.17. The maximum atomic E-state index is 6.02. The summed E-state index contributed by atoms with van der Waals surface area (Å²) in [5.74, 6) is 0. The van der Waals surface area contributed by atoms with Gasteiger partial charge in [0.05, 0.1) is 11.4 Å². The molecule has 0 aliphatic rings. The number of halogens is 1. The molecule has 0 aliphatic carbocycles. The first kappa shape index (κ1) is 11.3. The molecule has 2 aromatic rings. The molecular formula is C9H10ClN5S. The fourth-order valence-corrected chi connectivity index (χ4v) is 2.12. The molecule has 0 radical (unpaired) electrons. The van der Waals surface area contributed by atoms with E-state index in [-0.39, 0.29) is 0 Å². The zero-order chi connectivity index (χ0) is 11.7. The summed E-state index contributed by atoms with van der Waals surface area (Å²) in [6.45, 7) is 3.78. The zero-order valence-corrected chi connectivity index (χ0v) is 10.7. The molecule has 84 valence electrons. The van der Waals surface area contributed by atoms with Gasteiger partial charge in [0.25, 0.3) is 0 Å². The van der Waals surface area contributed by atoms with E-state index in [4.69, 9.17) is 11.6 Å². The minimum absolute atomic E-state index is 0.399. The average Bonchev–Trinajstić information content (AvgIpc) is 2.61. The monoisotopic (exact) mass is 255 g/mol. The SMILES string of the molecule is Cc1nc(Cl)c(Sc2nncn2C)nc1C. The van der Waals surface area contributed by atoms with Crippen molar-refractivity contribution in [1.82, 2.24) is 24.7 Å². The molecule has 0 saturated carbocycles. The van der Waals surface area contributed by atoms with Crippen LogP contribution in [-0.4, -0.2) is 24.7 Å². The Kier molecular flexibility index (Phi) is 3.11. The van der Waals surface area contributed by atoms with Crippen molar-refractivity contribution in [3.05, 3.63) is 22.9 Å². The summed E-state index contributed by atoms with van der Waals surface area (Å²) in [6.07, 6.45) is 1.63. The highest BCUT2D eigenvalue weighted by Gasteiger charge is 2.11. The number of hydrogen-bond acceptors (Lipinski definition) is 5. The van der Waals surface area contributed by atoms with Gasteiger partial charge >= 0.3 is 0 Å². The van der Waals surface area contributed by atoms with Crippen LogP contribution in [0.4, 0.5) is 0 Å². The summed E-state index contributed by atoms with van der Waals surface area (Å²) in [5, 5.41) is 9.53. The lowest BCUT2D eigenvalue weighted by atomic mass is 10.4. The van der Waals surface area contributed by atoms with Gasteiger partial charge in [0, 0.05) is 7.05 Å². The molecular weight excluding hydrogens is 246 g/mol. The molecule has 0 unspecified atom stereocenters. The summed E-state index contributed by atoms with van der Waals surface area (Å²) in [7, 11) is 1.87. The van der Waals surface area contributed by atoms with Crippen LogP contribution in [0.1, 0.15) is 11.4 Å². The van der Waals surface area contributed by atoms with Crippen LogP contribution in [0.5, 0.6) is 0 Å². The summed E-state index contributed by atoms with van der Waals surface area (Å²) < 4.78 is 1.80. The third-order valence-electron chi connectivity index (χ3n) is 2.09. The molecule has 5 nitrogen and oxygen atoms in total. The van der Waals surface area contributed by atoms with Gasteiger partial charge in [-0.15, -0.1) is 10.2 Å². The Morgan fingerprint density at radius 2 is 1.94 bits per heavy atom. The highest BCUT2D eigenvalue weighted by molar-refractivity contribution is 7.99. The molecule has 0 amide bonds. The van der Waals surface area contributed by atoms with Crippen LogP contribution >= 0.6 is 23.4 Å². The molecule has 0 N–H and O–H groups in total. The van der Waals surface area contributed by atoms with Crippen molar-refractivity contribution < 1.29 is 0 Å². The van der Waals surface area contributed by atoms with Gasteiger partial charge in [-0.25, -0.2) is 9.97 Å². The molecule has 7 heteroatoms. The minimum Gasteiger partial charge on any atom is -0.311 e. The highest BCUT2D eigenvalue weighted by atomic mass is 35.5. The third-order valence-corrected chi connectivity index (χ3v) is 3.50. The first-order chi connectivity index (χ1) is 7.58. The topological polar surface area (TPSA) is 56.5 Å². The van der Waals surface area contributed by atoms with Crippen LogP contribution in [-0.2, 0) is 7.05 Å². The van der Waals surface area contributed by atoms with E-state index < -0.39 is 0 Å². The van der Waals surface area contributed by atoms with Gasteiger partial charge in [-0.2, -0.15) is 0 Å². The summed E-state index contributed by atoms with van der Waals surface area (Å²) in [4.78, 5) is 8.58. The second-order valence-electron chi connectivity index (χ2n) is 3.32. The predicted molar refractivity (Wildman–Crippen MR) is 61.6 cm³/mol. The minimum atomic E-state index is 0.399. The highest BCUT2D eigenvalue weighted by Crippen LogP contribution is 2.29. The quantitative estimate of drug-likeness (QED) is 0.822. The lowest BCUT2D eigenvalue weighted by Crippen LogP contribution is -1.96. The lowest BCUT2D eigenvalue weighted by molar-refractivity contribution is 0.786. The van der Waals surface area contributed by atoms with Crippen molar-refractivity contribution in [2.75, 3.05) is 0 Å². The molecule has 0 fully saturated rings. The smallest absolute Gasteiger partial charge is 0.197 e. The van der Waals surface area contributed by atoms with E-state index in [9.17, 15) is 0 Å². The molecule has 2 aromatic heterocycles. The summed E-state index contributed by atoms with van der Waals surface area (Å²) in [6, 6.07) is 0. The Bertz CT molecular complexity index is 525. The number of aromatic nitrogens is 5. The fourth-order valence-electron chi connectivity index (χ4n) is 1.07. The molecule has 0 spiro atoms. The summed E-state index contributed by atoms with van der Waals surface area (Å²) in [5.41, 5.74) is 1.71. The summed E-state index contributed by atoms with van der Waals surface area (Å²) >= 11 is 7.37. The standard InChI is InChI=1S/C9H10ClN5S/c1-5-6(2)13-8(7(10)12-5)16-9-14-11-4-15(9)3/h4H,1-3H3. The van der Waals surface area contributed by atoms with Crippen molar-refractivity contribution >= 4 is 23.4 Å². The van der Waals surface area contributed by atoms with E-state index in [0.717, 1.165) is 16.5 Å². The second kappa shape index (κ2) is 4.39. The Morgan fingerprint density at radius 1 is 1.25 bits per heavy atom. The van der Waals surface area contributed by atoms with Gasteiger partial charge in [-0.05, 0) is 25.6 Å².